The van der Waals surface area contributed by atoms with Crippen LogP contribution in [0.15, 0.2) is 28.6 Å². The summed E-state index contributed by atoms with van der Waals surface area (Å²) in [5.74, 6) is 0.392. The fourth-order valence-corrected chi connectivity index (χ4v) is 3.50. The molecule has 0 saturated heterocycles. The monoisotopic (exact) mass is 375 g/mol. The molecule has 4 nitrogen and oxygen atoms in total. The van der Waals surface area contributed by atoms with Crippen LogP contribution in [0.5, 0.6) is 0 Å². The van der Waals surface area contributed by atoms with Gasteiger partial charge in [0.2, 0.25) is 11.0 Å². The molecular weight excluding hydrogens is 359 g/mol. The highest BCUT2D eigenvalue weighted by atomic mass is 32.2. The molecule has 0 spiro atoms. The van der Waals surface area contributed by atoms with Gasteiger partial charge in [-0.1, -0.05) is 48.6 Å². The van der Waals surface area contributed by atoms with Gasteiger partial charge in [-0.25, -0.2) is 0 Å². The van der Waals surface area contributed by atoms with Crippen molar-refractivity contribution in [2.75, 3.05) is 5.32 Å². The molecule has 24 heavy (non-hydrogen) atoms. The number of aromatic nitrogens is 2. The van der Waals surface area contributed by atoms with E-state index in [-0.39, 0.29) is 5.91 Å². The first kappa shape index (κ1) is 18.7. The van der Waals surface area contributed by atoms with Crippen LogP contribution in [0.25, 0.3) is 0 Å². The molecule has 1 N–H and O–H groups in total. The molecule has 130 valence electrons. The maximum atomic E-state index is 12.5. The first-order chi connectivity index (χ1) is 11.4. The Morgan fingerprint density at radius 1 is 1.25 bits per heavy atom. The number of unbranched alkanes of at least 4 members (excludes halogenated alkanes) is 1. The van der Waals surface area contributed by atoms with Gasteiger partial charge in [0.15, 0.2) is 4.34 Å². The summed E-state index contributed by atoms with van der Waals surface area (Å²) in [6, 6.07) is 5.03. The van der Waals surface area contributed by atoms with Crippen molar-refractivity contribution in [2.24, 2.45) is 0 Å². The molecule has 0 aliphatic carbocycles. The third-order valence-corrected chi connectivity index (χ3v) is 5.10. The van der Waals surface area contributed by atoms with E-state index < -0.39 is 11.7 Å². The van der Waals surface area contributed by atoms with E-state index in [1.165, 1.54) is 35.2 Å². The molecule has 1 amide bonds. The number of nitrogens with zero attached hydrogens (tertiary/aromatic N) is 2. The summed E-state index contributed by atoms with van der Waals surface area (Å²) in [6.45, 7) is 2.01. The van der Waals surface area contributed by atoms with Crippen LogP contribution in [0.4, 0.5) is 18.3 Å². The van der Waals surface area contributed by atoms with Crippen molar-refractivity contribution >= 4 is 34.1 Å². The summed E-state index contributed by atoms with van der Waals surface area (Å²) in [5.41, 5.74) is 0.0981. The van der Waals surface area contributed by atoms with E-state index in [2.05, 4.69) is 15.5 Å². The topological polar surface area (TPSA) is 54.9 Å². The molecule has 0 atom stereocenters. The number of amides is 1. The third-order valence-electron chi connectivity index (χ3n) is 3.05. The van der Waals surface area contributed by atoms with Crippen LogP contribution in [-0.4, -0.2) is 16.1 Å². The second-order valence-electron chi connectivity index (χ2n) is 5.01. The molecular formula is C15H16F3N3OS2. The van der Waals surface area contributed by atoms with Crippen LogP contribution < -0.4 is 5.32 Å². The van der Waals surface area contributed by atoms with E-state index in [9.17, 15) is 18.0 Å². The highest BCUT2D eigenvalue weighted by molar-refractivity contribution is 8.00. The largest absolute Gasteiger partial charge is 0.416 e. The highest BCUT2D eigenvalue weighted by Gasteiger charge is 2.29. The van der Waals surface area contributed by atoms with Gasteiger partial charge in [0, 0.05) is 12.2 Å². The lowest BCUT2D eigenvalue weighted by atomic mass is 10.1. The fourth-order valence-electron chi connectivity index (χ4n) is 1.77. The Morgan fingerprint density at radius 2 is 1.96 bits per heavy atom. The third kappa shape index (κ3) is 5.79. The van der Waals surface area contributed by atoms with E-state index in [0.717, 1.165) is 30.5 Å². The van der Waals surface area contributed by atoms with Crippen molar-refractivity contribution in [3.8, 4) is 0 Å². The van der Waals surface area contributed by atoms with E-state index in [0.29, 0.717) is 21.6 Å². The number of thioether (sulfide) groups is 1. The molecule has 1 aromatic heterocycles. The Balaban J connectivity index is 1.85. The summed E-state index contributed by atoms with van der Waals surface area (Å²) >= 11 is 2.62. The Morgan fingerprint density at radius 3 is 2.58 bits per heavy atom. The molecule has 0 fully saturated rings. The zero-order valence-corrected chi connectivity index (χ0v) is 14.5. The second kappa shape index (κ2) is 8.48. The summed E-state index contributed by atoms with van der Waals surface area (Å²) < 4.78 is 38.1. The predicted molar refractivity (Wildman–Crippen MR) is 89.1 cm³/mol. The van der Waals surface area contributed by atoms with Gasteiger partial charge in [-0.05, 0) is 24.1 Å². The summed E-state index contributed by atoms with van der Waals surface area (Å²) in [7, 11) is 0. The predicted octanol–water partition coefficient (Wildman–Crippen LogP) is 4.98. The number of hydrogen-bond acceptors (Lipinski definition) is 5. The highest BCUT2D eigenvalue weighted by Crippen LogP contribution is 2.31. The van der Waals surface area contributed by atoms with Crippen LogP contribution in [0.1, 0.15) is 37.3 Å². The lowest BCUT2D eigenvalue weighted by molar-refractivity contribution is -0.137. The minimum absolute atomic E-state index is 0.0905. The van der Waals surface area contributed by atoms with Gasteiger partial charge in [-0.3, -0.25) is 4.79 Å². The molecule has 0 bridgehead atoms. The van der Waals surface area contributed by atoms with Gasteiger partial charge in [0.1, 0.15) is 0 Å². The number of anilines is 1. The minimum Gasteiger partial charge on any atom is -0.301 e. The first-order valence-electron chi connectivity index (χ1n) is 7.30. The van der Waals surface area contributed by atoms with Crippen molar-refractivity contribution < 1.29 is 18.0 Å². The van der Waals surface area contributed by atoms with E-state index in [1.807, 2.05) is 6.92 Å². The molecule has 2 aromatic rings. The van der Waals surface area contributed by atoms with Crippen molar-refractivity contribution in [3.05, 3.63) is 35.4 Å². The standard InChI is InChI=1S/C15H16F3N3OS2/c1-2-3-4-12(22)19-13-20-21-14(24-13)23-9-10-5-7-11(8-6-10)15(16,17)18/h5-8H,2-4,9H2,1H3,(H,19,20,22). The molecule has 0 aliphatic rings. The number of nitrogens with one attached hydrogen (secondary N) is 1. The Kier molecular flexibility index (Phi) is 6.61. The van der Waals surface area contributed by atoms with Crippen molar-refractivity contribution in [1.29, 1.82) is 0 Å². The number of benzene rings is 1. The average Bonchev–Trinajstić information content (AvgIpc) is 2.98. The van der Waals surface area contributed by atoms with Crippen LogP contribution in [0.2, 0.25) is 0 Å². The van der Waals surface area contributed by atoms with Gasteiger partial charge in [0.05, 0.1) is 5.56 Å². The maximum absolute atomic E-state index is 12.5. The van der Waals surface area contributed by atoms with Crippen LogP contribution >= 0.6 is 23.1 Å². The van der Waals surface area contributed by atoms with E-state index >= 15 is 0 Å². The summed E-state index contributed by atoms with van der Waals surface area (Å²) in [6.07, 6.45) is -2.11. The van der Waals surface area contributed by atoms with Crippen LogP contribution in [-0.2, 0) is 16.7 Å². The quantitative estimate of drug-likeness (QED) is 0.548. The average molecular weight is 375 g/mol. The van der Waals surface area contributed by atoms with Gasteiger partial charge in [-0.15, -0.1) is 10.2 Å². The lowest BCUT2D eigenvalue weighted by Gasteiger charge is -2.06. The zero-order valence-electron chi connectivity index (χ0n) is 12.9. The lowest BCUT2D eigenvalue weighted by Crippen LogP contribution is -2.10. The number of alkyl halides is 3. The molecule has 0 aliphatic heterocycles. The van der Waals surface area contributed by atoms with Crippen molar-refractivity contribution in [2.45, 2.75) is 42.5 Å². The van der Waals surface area contributed by atoms with Gasteiger partial charge < -0.3 is 5.32 Å². The Labute approximate surface area is 145 Å². The number of carbonyl (C=O) groups excluding carboxylic acids is 1. The summed E-state index contributed by atoms with van der Waals surface area (Å²) in [5, 5.41) is 11.0. The zero-order chi connectivity index (χ0) is 17.6. The fraction of sp³-hybridized carbons (Fsp3) is 0.400. The molecule has 0 unspecified atom stereocenters. The minimum atomic E-state index is -4.32. The van der Waals surface area contributed by atoms with Crippen molar-refractivity contribution in [3.63, 3.8) is 0 Å². The molecule has 1 aromatic carbocycles. The number of hydrogen-bond donors (Lipinski definition) is 1. The second-order valence-corrected chi connectivity index (χ2v) is 7.21. The SMILES string of the molecule is CCCCC(=O)Nc1nnc(SCc2ccc(C(F)(F)F)cc2)s1. The van der Waals surface area contributed by atoms with Gasteiger partial charge in [-0.2, -0.15) is 13.2 Å². The van der Waals surface area contributed by atoms with Crippen LogP contribution in [0, 0.1) is 0 Å². The molecule has 2 rings (SSSR count). The molecule has 0 radical (unpaired) electrons. The van der Waals surface area contributed by atoms with Crippen molar-refractivity contribution in [1.82, 2.24) is 10.2 Å². The normalized spacial score (nSPS) is 11.5. The molecule has 0 saturated carbocycles. The van der Waals surface area contributed by atoms with Crippen LogP contribution in [0.3, 0.4) is 0 Å². The first-order valence-corrected chi connectivity index (χ1v) is 9.11. The number of rotatable bonds is 7. The summed E-state index contributed by atoms with van der Waals surface area (Å²) in [4.78, 5) is 11.6. The maximum Gasteiger partial charge on any atom is 0.416 e. The number of halogens is 3. The Bertz CT molecular complexity index is 671. The van der Waals surface area contributed by atoms with Gasteiger partial charge >= 0.3 is 6.18 Å². The smallest absolute Gasteiger partial charge is 0.301 e. The molecule has 1 heterocycles. The number of carbonyl (C=O) groups is 1. The Hall–Kier alpha value is -1.61. The van der Waals surface area contributed by atoms with E-state index in [1.54, 1.807) is 0 Å². The molecule has 9 heteroatoms. The van der Waals surface area contributed by atoms with E-state index in [4.69, 9.17) is 0 Å². The van der Waals surface area contributed by atoms with Gasteiger partial charge in [0.25, 0.3) is 0 Å².